The van der Waals surface area contributed by atoms with Crippen molar-refractivity contribution < 1.29 is 4.52 Å². The molecule has 0 saturated heterocycles. The normalized spacial score (nSPS) is 13.1. The van der Waals surface area contributed by atoms with Crippen molar-refractivity contribution in [1.29, 1.82) is 0 Å². The molecule has 0 aliphatic rings. The van der Waals surface area contributed by atoms with E-state index >= 15 is 0 Å². The van der Waals surface area contributed by atoms with Crippen LogP contribution in [0.2, 0.25) is 0 Å². The van der Waals surface area contributed by atoms with Crippen LogP contribution in [0, 0.1) is 6.92 Å². The highest BCUT2D eigenvalue weighted by atomic mass is 31.1. The second-order valence-corrected chi connectivity index (χ2v) is 6.03. The van der Waals surface area contributed by atoms with E-state index in [0.29, 0.717) is 14.7 Å². The molecule has 0 radical (unpaired) electrons. The predicted molar refractivity (Wildman–Crippen MR) is 88.0 cm³/mol. The van der Waals surface area contributed by atoms with Crippen LogP contribution in [0.3, 0.4) is 0 Å². The van der Waals surface area contributed by atoms with Crippen LogP contribution >= 0.6 is 8.81 Å². The van der Waals surface area contributed by atoms with Gasteiger partial charge in [-0.25, -0.2) is 0 Å². The van der Waals surface area contributed by atoms with Gasteiger partial charge in [-0.2, -0.15) is 0 Å². The van der Waals surface area contributed by atoms with Crippen molar-refractivity contribution in [2.24, 2.45) is 0 Å². The summed E-state index contributed by atoms with van der Waals surface area (Å²) in [6, 6.07) is 4.66. The lowest BCUT2D eigenvalue weighted by Gasteiger charge is -2.18. The van der Waals surface area contributed by atoms with Crippen molar-refractivity contribution in [3.05, 3.63) is 28.8 Å². The number of hydrogen-bond donors (Lipinski definition) is 0. The average molecular weight is 280 g/mol. The monoisotopic (exact) mass is 280 g/mol. The van der Waals surface area contributed by atoms with Crippen LogP contribution in [0.4, 0.5) is 0 Å². The molecule has 0 saturated carbocycles. The molecule has 0 aromatic heterocycles. The first-order valence-corrected chi connectivity index (χ1v) is 9.01. The van der Waals surface area contributed by atoms with E-state index in [-0.39, 0.29) is 0 Å². The van der Waals surface area contributed by atoms with Gasteiger partial charge in [-0.05, 0) is 61.5 Å². The zero-order valence-electron chi connectivity index (χ0n) is 13.2. The van der Waals surface area contributed by atoms with Gasteiger partial charge < -0.3 is 4.52 Å². The molecule has 108 valence electrons. The maximum atomic E-state index is 5.84. The second kappa shape index (κ2) is 8.59. The Morgan fingerprint density at radius 2 is 1.95 bits per heavy atom. The van der Waals surface area contributed by atoms with Gasteiger partial charge in [0.25, 0.3) is 0 Å². The molecule has 0 bridgehead atoms. The zero-order valence-corrected chi connectivity index (χ0v) is 14.2. The lowest BCUT2D eigenvalue weighted by atomic mass is 9.90. The summed E-state index contributed by atoms with van der Waals surface area (Å²) in [5.41, 5.74) is 4.30. The highest BCUT2D eigenvalue weighted by Crippen LogP contribution is 2.33. The molecular weight excluding hydrogens is 251 g/mol. The third kappa shape index (κ3) is 4.80. The van der Waals surface area contributed by atoms with Crippen molar-refractivity contribution in [1.82, 2.24) is 0 Å². The van der Waals surface area contributed by atoms with E-state index in [9.17, 15) is 0 Å². The van der Waals surface area contributed by atoms with Gasteiger partial charge in [-0.3, -0.25) is 0 Å². The van der Waals surface area contributed by atoms with Crippen LogP contribution in [0.5, 0.6) is 5.75 Å². The Labute approximate surface area is 121 Å². The molecule has 2 atom stereocenters. The lowest BCUT2D eigenvalue weighted by Crippen LogP contribution is -2.00. The fourth-order valence-electron chi connectivity index (χ4n) is 2.63. The van der Waals surface area contributed by atoms with Gasteiger partial charge in [0, 0.05) is 0 Å². The summed E-state index contributed by atoms with van der Waals surface area (Å²) in [4.78, 5) is 0. The summed E-state index contributed by atoms with van der Waals surface area (Å²) in [5.74, 6) is 1.77. The third-order valence-corrected chi connectivity index (χ3v) is 4.14. The quantitative estimate of drug-likeness (QED) is 0.543. The molecular formula is C17H29OP. The molecule has 1 nitrogen and oxygen atoms in total. The van der Waals surface area contributed by atoms with Crippen molar-refractivity contribution >= 4 is 8.81 Å². The topological polar surface area (TPSA) is 9.23 Å². The van der Waals surface area contributed by atoms with E-state index in [0.717, 1.165) is 12.2 Å². The van der Waals surface area contributed by atoms with E-state index in [1.54, 1.807) is 0 Å². The van der Waals surface area contributed by atoms with Crippen LogP contribution < -0.4 is 4.52 Å². The molecule has 1 aromatic rings. The van der Waals surface area contributed by atoms with Crippen LogP contribution in [-0.2, 0) is 6.42 Å². The van der Waals surface area contributed by atoms with E-state index in [2.05, 4.69) is 46.5 Å². The minimum Gasteiger partial charge on any atom is -0.477 e. The van der Waals surface area contributed by atoms with Gasteiger partial charge in [0.05, 0.1) is 8.81 Å². The summed E-state index contributed by atoms with van der Waals surface area (Å²) >= 11 is 0. The Morgan fingerprint density at radius 3 is 2.53 bits per heavy atom. The van der Waals surface area contributed by atoms with Crippen molar-refractivity contribution in [3.8, 4) is 5.75 Å². The predicted octanol–water partition coefficient (Wildman–Crippen LogP) is 5.84. The second-order valence-electron chi connectivity index (χ2n) is 5.42. The summed E-state index contributed by atoms with van der Waals surface area (Å²) in [7, 11) is 0.525. The van der Waals surface area contributed by atoms with Gasteiger partial charge >= 0.3 is 0 Å². The Bertz CT molecular complexity index is 387. The number of rotatable bonds is 8. The molecule has 1 rings (SSSR count). The Balaban J connectivity index is 3.05. The first kappa shape index (κ1) is 16.5. The minimum absolute atomic E-state index is 0.525. The first-order chi connectivity index (χ1) is 9.13. The Kier molecular flexibility index (Phi) is 7.46. The molecule has 0 amide bonds. The smallest absolute Gasteiger partial charge is 0.126 e. The van der Waals surface area contributed by atoms with E-state index in [4.69, 9.17) is 4.52 Å². The number of hydrogen-bond acceptors (Lipinski definition) is 1. The summed E-state index contributed by atoms with van der Waals surface area (Å²) < 4.78 is 5.84. The molecule has 0 heterocycles. The summed E-state index contributed by atoms with van der Waals surface area (Å²) in [5, 5.41) is 0. The molecule has 1 aromatic carbocycles. The molecule has 19 heavy (non-hydrogen) atoms. The van der Waals surface area contributed by atoms with Crippen LogP contribution in [0.1, 0.15) is 69.1 Å². The molecule has 0 aliphatic carbocycles. The Hall–Kier alpha value is -0.550. The highest BCUT2D eigenvalue weighted by molar-refractivity contribution is 7.31. The molecule has 0 aliphatic heterocycles. The van der Waals surface area contributed by atoms with Crippen LogP contribution in [-0.4, -0.2) is 6.66 Å². The highest BCUT2D eigenvalue weighted by Gasteiger charge is 2.13. The standard InChI is InChI=1S/C17H29OP/c1-6-8-10-15-12-16(13(3)9-7-2)14(4)11-17(15)18-19-5/h11-13,19H,6-10H2,1-5H3. The van der Waals surface area contributed by atoms with E-state index < -0.39 is 0 Å². The average Bonchev–Trinajstić information content (AvgIpc) is 2.38. The molecule has 0 spiro atoms. The lowest BCUT2D eigenvalue weighted by molar-refractivity contribution is 0.611. The van der Waals surface area contributed by atoms with Gasteiger partial charge in [-0.1, -0.05) is 39.7 Å². The third-order valence-electron chi connectivity index (χ3n) is 3.71. The zero-order chi connectivity index (χ0) is 14.3. The minimum atomic E-state index is 0.525. The largest absolute Gasteiger partial charge is 0.477 e. The fraction of sp³-hybridized carbons (Fsp3) is 0.647. The number of aryl methyl sites for hydroxylation is 2. The van der Waals surface area contributed by atoms with Gasteiger partial charge in [-0.15, -0.1) is 0 Å². The van der Waals surface area contributed by atoms with Crippen molar-refractivity contribution in [2.75, 3.05) is 6.66 Å². The van der Waals surface area contributed by atoms with Gasteiger partial charge in [0.15, 0.2) is 0 Å². The maximum absolute atomic E-state index is 5.84. The maximum Gasteiger partial charge on any atom is 0.126 e. The van der Waals surface area contributed by atoms with Crippen molar-refractivity contribution in [2.45, 2.75) is 65.7 Å². The van der Waals surface area contributed by atoms with Crippen LogP contribution in [0.15, 0.2) is 12.1 Å². The summed E-state index contributed by atoms with van der Waals surface area (Å²) in [6.07, 6.45) is 6.14. The van der Waals surface area contributed by atoms with E-state index in [1.807, 2.05) is 0 Å². The van der Waals surface area contributed by atoms with Crippen LogP contribution in [0.25, 0.3) is 0 Å². The number of unbranched alkanes of at least 4 members (excludes halogenated alkanes) is 1. The molecule has 0 N–H and O–H groups in total. The van der Waals surface area contributed by atoms with E-state index in [1.165, 1.54) is 42.4 Å². The van der Waals surface area contributed by atoms with Gasteiger partial charge in [0.2, 0.25) is 0 Å². The van der Waals surface area contributed by atoms with Gasteiger partial charge in [0.1, 0.15) is 5.75 Å². The van der Waals surface area contributed by atoms with Crippen molar-refractivity contribution in [3.63, 3.8) is 0 Å². The number of benzene rings is 1. The molecule has 0 fully saturated rings. The first-order valence-electron chi connectivity index (χ1n) is 7.60. The SMILES string of the molecule is CCCCc1cc(C(C)CCC)c(C)cc1OPC. The Morgan fingerprint density at radius 1 is 1.21 bits per heavy atom. The molecule has 2 heteroatoms. The molecule has 2 unspecified atom stereocenters. The summed E-state index contributed by atoms with van der Waals surface area (Å²) in [6.45, 7) is 11.2. The fourth-order valence-corrected chi connectivity index (χ4v) is 3.04.